The molecule has 1 fully saturated rings. The van der Waals surface area contributed by atoms with Gasteiger partial charge in [-0.25, -0.2) is 0 Å². The van der Waals surface area contributed by atoms with Gasteiger partial charge in [-0.3, -0.25) is 4.90 Å². The predicted molar refractivity (Wildman–Crippen MR) is 77.9 cm³/mol. The molecule has 0 amide bonds. The third kappa shape index (κ3) is 4.68. The van der Waals surface area contributed by atoms with Crippen LogP contribution in [0.1, 0.15) is 25.7 Å². The van der Waals surface area contributed by atoms with E-state index in [9.17, 15) is 0 Å². The van der Waals surface area contributed by atoms with E-state index in [-0.39, 0.29) is 6.61 Å². The highest BCUT2D eigenvalue weighted by molar-refractivity contribution is 6.30. The van der Waals surface area contributed by atoms with Gasteiger partial charge in [0.1, 0.15) is 12.4 Å². The first kappa shape index (κ1) is 14.6. The van der Waals surface area contributed by atoms with Crippen molar-refractivity contribution in [2.45, 2.75) is 31.7 Å². The second kappa shape index (κ2) is 7.73. The van der Waals surface area contributed by atoms with Crippen LogP contribution < -0.4 is 4.74 Å². The van der Waals surface area contributed by atoms with Crippen LogP contribution in [0.15, 0.2) is 24.3 Å². The van der Waals surface area contributed by atoms with E-state index >= 15 is 0 Å². The number of benzene rings is 1. The highest BCUT2D eigenvalue weighted by Crippen LogP contribution is 2.20. The van der Waals surface area contributed by atoms with Crippen LogP contribution in [0.2, 0.25) is 5.02 Å². The Balaban J connectivity index is 1.77. The van der Waals surface area contributed by atoms with Crippen LogP contribution in [-0.4, -0.2) is 42.4 Å². The van der Waals surface area contributed by atoms with Crippen LogP contribution in [0.4, 0.5) is 0 Å². The van der Waals surface area contributed by atoms with Gasteiger partial charge in [0.05, 0.1) is 0 Å². The van der Waals surface area contributed by atoms with Crippen LogP contribution in [-0.2, 0) is 0 Å². The standard InChI is InChI=1S/C15H22ClNO2/c16-13-4-3-6-15(12-13)19-11-9-17-8-2-1-5-14(17)7-10-18/h3-4,6,12,14,18H,1-2,5,7-11H2. The first-order valence-corrected chi connectivity index (χ1v) is 7.40. The number of nitrogens with zero attached hydrogens (tertiary/aromatic N) is 1. The van der Waals surface area contributed by atoms with E-state index in [1.54, 1.807) is 0 Å². The van der Waals surface area contributed by atoms with Gasteiger partial charge in [0.15, 0.2) is 0 Å². The van der Waals surface area contributed by atoms with E-state index in [0.717, 1.165) is 25.3 Å². The molecule has 1 heterocycles. The van der Waals surface area contributed by atoms with Gasteiger partial charge in [-0.2, -0.15) is 0 Å². The quantitative estimate of drug-likeness (QED) is 0.871. The maximum Gasteiger partial charge on any atom is 0.120 e. The van der Waals surface area contributed by atoms with Crippen molar-refractivity contribution in [2.75, 3.05) is 26.3 Å². The highest BCUT2D eigenvalue weighted by Gasteiger charge is 2.21. The maximum atomic E-state index is 9.10. The largest absolute Gasteiger partial charge is 0.492 e. The normalized spacial score (nSPS) is 20.4. The molecule has 1 unspecified atom stereocenters. The molecule has 4 heteroatoms. The van der Waals surface area contributed by atoms with Crippen LogP contribution in [0.3, 0.4) is 0 Å². The van der Waals surface area contributed by atoms with E-state index in [0.29, 0.717) is 17.7 Å². The molecule has 1 aromatic carbocycles. The molecule has 0 bridgehead atoms. The predicted octanol–water partition coefficient (Wildman–Crippen LogP) is 2.96. The molecule has 2 rings (SSSR count). The smallest absolute Gasteiger partial charge is 0.120 e. The molecule has 1 atom stereocenters. The summed E-state index contributed by atoms with van der Waals surface area (Å²) in [4.78, 5) is 2.43. The van der Waals surface area contributed by atoms with Gasteiger partial charge in [0, 0.05) is 24.2 Å². The zero-order chi connectivity index (χ0) is 13.5. The molecule has 1 aliphatic rings. The molecule has 19 heavy (non-hydrogen) atoms. The zero-order valence-electron chi connectivity index (χ0n) is 11.2. The number of hydrogen-bond donors (Lipinski definition) is 1. The molecule has 1 saturated heterocycles. The number of likely N-dealkylation sites (tertiary alicyclic amines) is 1. The van der Waals surface area contributed by atoms with Crippen molar-refractivity contribution in [3.8, 4) is 5.75 Å². The molecule has 0 spiro atoms. The summed E-state index contributed by atoms with van der Waals surface area (Å²) in [6.45, 7) is 2.97. The number of halogens is 1. The number of rotatable bonds is 6. The summed E-state index contributed by atoms with van der Waals surface area (Å²) >= 11 is 5.92. The average Bonchev–Trinajstić information content (AvgIpc) is 2.41. The second-order valence-corrected chi connectivity index (χ2v) is 5.44. The third-order valence-electron chi connectivity index (χ3n) is 3.65. The van der Waals surface area contributed by atoms with Crippen molar-refractivity contribution in [2.24, 2.45) is 0 Å². The van der Waals surface area contributed by atoms with Crippen LogP contribution in [0.25, 0.3) is 0 Å². The summed E-state index contributed by atoms with van der Waals surface area (Å²) < 4.78 is 5.73. The van der Waals surface area contributed by atoms with E-state index in [1.807, 2.05) is 24.3 Å². The van der Waals surface area contributed by atoms with Gasteiger partial charge in [-0.05, 0) is 44.0 Å². The molecule has 106 valence electrons. The van der Waals surface area contributed by atoms with E-state index in [1.165, 1.54) is 19.3 Å². The Morgan fingerprint density at radius 1 is 1.37 bits per heavy atom. The molecule has 0 saturated carbocycles. The van der Waals surface area contributed by atoms with Crippen molar-refractivity contribution in [1.29, 1.82) is 0 Å². The lowest BCUT2D eigenvalue weighted by Gasteiger charge is -2.35. The van der Waals surface area contributed by atoms with Gasteiger partial charge < -0.3 is 9.84 Å². The number of ether oxygens (including phenoxy) is 1. The van der Waals surface area contributed by atoms with Gasteiger partial charge >= 0.3 is 0 Å². The van der Waals surface area contributed by atoms with Crippen LogP contribution in [0, 0.1) is 0 Å². The monoisotopic (exact) mass is 283 g/mol. The zero-order valence-corrected chi connectivity index (χ0v) is 12.0. The Labute approximate surface area is 120 Å². The van der Waals surface area contributed by atoms with Gasteiger partial charge in [0.25, 0.3) is 0 Å². The SMILES string of the molecule is OCCC1CCCCN1CCOc1cccc(Cl)c1. The molecular weight excluding hydrogens is 262 g/mol. The number of aliphatic hydroxyl groups is 1. The topological polar surface area (TPSA) is 32.7 Å². The Kier molecular flexibility index (Phi) is 5.95. The summed E-state index contributed by atoms with van der Waals surface area (Å²) in [5.41, 5.74) is 0. The van der Waals surface area contributed by atoms with Crippen molar-refractivity contribution in [3.63, 3.8) is 0 Å². The Bertz CT molecular complexity index is 384. The van der Waals surface area contributed by atoms with E-state index in [4.69, 9.17) is 21.4 Å². The molecule has 0 radical (unpaired) electrons. The molecule has 0 aliphatic carbocycles. The molecule has 1 aromatic rings. The molecule has 1 N–H and O–H groups in total. The summed E-state index contributed by atoms with van der Waals surface area (Å²) in [6.07, 6.45) is 4.59. The number of piperidine rings is 1. The fraction of sp³-hybridized carbons (Fsp3) is 0.600. The lowest BCUT2D eigenvalue weighted by Crippen LogP contribution is -2.42. The lowest BCUT2D eigenvalue weighted by molar-refractivity contribution is 0.102. The number of aliphatic hydroxyl groups excluding tert-OH is 1. The van der Waals surface area contributed by atoms with Gasteiger partial charge in [-0.1, -0.05) is 24.1 Å². The van der Waals surface area contributed by atoms with Gasteiger partial charge in [-0.15, -0.1) is 0 Å². The lowest BCUT2D eigenvalue weighted by atomic mass is 10.00. The summed E-state index contributed by atoms with van der Waals surface area (Å²) in [5.74, 6) is 0.822. The average molecular weight is 284 g/mol. The van der Waals surface area contributed by atoms with Crippen molar-refractivity contribution in [3.05, 3.63) is 29.3 Å². The van der Waals surface area contributed by atoms with E-state index in [2.05, 4.69) is 4.90 Å². The molecule has 0 aromatic heterocycles. The molecule has 3 nitrogen and oxygen atoms in total. The fourth-order valence-corrected chi connectivity index (χ4v) is 2.85. The Morgan fingerprint density at radius 3 is 3.05 bits per heavy atom. The van der Waals surface area contributed by atoms with Crippen molar-refractivity contribution in [1.82, 2.24) is 4.90 Å². The van der Waals surface area contributed by atoms with Crippen LogP contribution in [0.5, 0.6) is 5.75 Å². The third-order valence-corrected chi connectivity index (χ3v) is 3.89. The maximum absolute atomic E-state index is 9.10. The highest BCUT2D eigenvalue weighted by atomic mass is 35.5. The minimum absolute atomic E-state index is 0.274. The Morgan fingerprint density at radius 2 is 2.26 bits per heavy atom. The molecule has 1 aliphatic heterocycles. The van der Waals surface area contributed by atoms with Crippen molar-refractivity contribution < 1.29 is 9.84 Å². The fourth-order valence-electron chi connectivity index (χ4n) is 2.67. The first-order chi connectivity index (χ1) is 9.29. The van der Waals surface area contributed by atoms with Crippen LogP contribution >= 0.6 is 11.6 Å². The first-order valence-electron chi connectivity index (χ1n) is 7.03. The minimum atomic E-state index is 0.274. The summed E-state index contributed by atoms with van der Waals surface area (Å²) in [7, 11) is 0. The Hall–Kier alpha value is -0.770. The summed E-state index contributed by atoms with van der Waals surface area (Å²) in [5, 5.41) is 9.80. The van der Waals surface area contributed by atoms with E-state index < -0.39 is 0 Å². The van der Waals surface area contributed by atoms with Crippen molar-refractivity contribution >= 4 is 11.6 Å². The molecular formula is C15H22ClNO2. The minimum Gasteiger partial charge on any atom is -0.492 e. The summed E-state index contributed by atoms with van der Waals surface area (Å²) in [6, 6.07) is 8.02. The van der Waals surface area contributed by atoms with Gasteiger partial charge in [0.2, 0.25) is 0 Å². The number of hydrogen-bond acceptors (Lipinski definition) is 3. The second-order valence-electron chi connectivity index (χ2n) is 5.00.